The Bertz CT molecular complexity index is 1400. The van der Waals surface area contributed by atoms with Crippen molar-refractivity contribution >= 4 is 50.7 Å². The molecule has 9 nitrogen and oxygen atoms in total. The van der Waals surface area contributed by atoms with Gasteiger partial charge in [-0.1, -0.05) is 29.8 Å². The van der Waals surface area contributed by atoms with Gasteiger partial charge in [0.15, 0.2) is 0 Å². The lowest BCUT2D eigenvalue weighted by Gasteiger charge is -2.33. The van der Waals surface area contributed by atoms with E-state index in [1.165, 1.54) is 41.7 Å². The zero-order valence-corrected chi connectivity index (χ0v) is 20.7. The molecule has 0 saturated carbocycles. The number of nitrogens with zero attached hydrogens (tertiary/aromatic N) is 2. The summed E-state index contributed by atoms with van der Waals surface area (Å²) in [6.45, 7) is 0.606. The summed E-state index contributed by atoms with van der Waals surface area (Å²) in [4.78, 5) is 25.0. The summed E-state index contributed by atoms with van der Waals surface area (Å²) in [6.07, 6.45) is 0.596. The summed E-state index contributed by atoms with van der Waals surface area (Å²) in [7, 11) is -2.28. The number of hydrogen-bond donors (Lipinski definition) is 3. The number of benzene rings is 3. The van der Waals surface area contributed by atoms with Gasteiger partial charge in [0.25, 0.3) is 11.8 Å². The molecule has 3 N–H and O–H groups in total. The fourth-order valence-electron chi connectivity index (χ4n) is 3.62. The SMILES string of the molecule is CN1CCCN(c2ccc(C(=O)Nc3ccc(Cl)c(NNC(=O)c4ccccc4)c3)c(F)c2)S1(=O)=O. The van der Waals surface area contributed by atoms with Gasteiger partial charge in [0.1, 0.15) is 5.82 Å². The quantitative estimate of drug-likeness (QED) is 0.418. The van der Waals surface area contributed by atoms with E-state index in [1.54, 1.807) is 30.3 Å². The standard InChI is InChI=1S/C24H23ClFN5O4S/c1-30-12-5-13-31(36(30,34)35)18-9-10-19(21(26)15-18)24(33)27-17-8-11-20(25)22(14-17)28-29-23(32)16-6-3-2-4-7-16/h2-4,6-11,14-15,28H,5,12-13H2,1H3,(H,27,33)(H,29,32). The van der Waals surface area contributed by atoms with Crippen molar-refractivity contribution in [1.82, 2.24) is 9.73 Å². The molecule has 1 heterocycles. The lowest BCUT2D eigenvalue weighted by Crippen LogP contribution is -2.48. The smallest absolute Gasteiger partial charge is 0.303 e. The summed E-state index contributed by atoms with van der Waals surface area (Å²) < 4.78 is 42.2. The van der Waals surface area contributed by atoms with E-state index in [4.69, 9.17) is 11.6 Å². The normalized spacial score (nSPS) is 15.2. The first-order valence-electron chi connectivity index (χ1n) is 10.9. The zero-order chi connectivity index (χ0) is 25.9. The molecule has 2 amide bonds. The second-order valence-corrected chi connectivity index (χ2v) is 10.4. The topological polar surface area (TPSA) is 111 Å². The predicted molar refractivity (Wildman–Crippen MR) is 137 cm³/mol. The zero-order valence-electron chi connectivity index (χ0n) is 19.2. The van der Waals surface area contributed by atoms with Crippen molar-refractivity contribution in [3.8, 4) is 0 Å². The van der Waals surface area contributed by atoms with Crippen LogP contribution in [0.1, 0.15) is 27.1 Å². The highest BCUT2D eigenvalue weighted by Gasteiger charge is 2.31. The van der Waals surface area contributed by atoms with Crippen LogP contribution in [-0.2, 0) is 10.2 Å². The van der Waals surface area contributed by atoms with E-state index in [1.807, 2.05) is 0 Å². The summed E-state index contributed by atoms with van der Waals surface area (Å²) in [6, 6.07) is 16.7. The maximum Gasteiger partial charge on any atom is 0.303 e. The first-order chi connectivity index (χ1) is 17.2. The molecule has 1 aliphatic heterocycles. The van der Waals surface area contributed by atoms with Crippen LogP contribution in [0.25, 0.3) is 0 Å². The van der Waals surface area contributed by atoms with E-state index in [2.05, 4.69) is 16.2 Å². The summed E-state index contributed by atoms with van der Waals surface area (Å²) in [5, 5.41) is 2.86. The number of carbonyl (C=O) groups excluding carboxylic acids is 2. The van der Waals surface area contributed by atoms with Crippen molar-refractivity contribution in [3.63, 3.8) is 0 Å². The Hall–Kier alpha value is -3.67. The number of amides is 2. The van der Waals surface area contributed by atoms with Crippen LogP contribution in [0.15, 0.2) is 66.7 Å². The summed E-state index contributed by atoms with van der Waals surface area (Å²) in [5.74, 6) is -1.99. The molecule has 0 aromatic heterocycles. The number of halogens is 2. The van der Waals surface area contributed by atoms with Crippen LogP contribution in [0.2, 0.25) is 5.02 Å². The Labute approximate surface area is 213 Å². The van der Waals surface area contributed by atoms with E-state index >= 15 is 0 Å². The number of anilines is 3. The van der Waals surface area contributed by atoms with Crippen LogP contribution in [0.3, 0.4) is 0 Å². The van der Waals surface area contributed by atoms with Gasteiger partial charge < -0.3 is 5.32 Å². The average molecular weight is 532 g/mol. The van der Waals surface area contributed by atoms with Gasteiger partial charge in [-0.15, -0.1) is 0 Å². The maximum atomic E-state index is 14.8. The highest BCUT2D eigenvalue weighted by molar-refractivity contribution is 7.90. The molecule has 0 atom stereocenters. The molecule has 1 fully saturated rings. The molecule has 12 heteroatoms. The van der Waals surface area contributed by atoms with E-state index in [9.17, 15) is 22.4 Å². The number of rotatable bonds is 6. The number of carbonyl (C=O) groups is 2. The molecule has 188 valence electrons. The van der Waals surface area contributed by atoms with Crippen LogP contribution in [0, 0.1) is 5.82 Å². The monoisotopic (exact) mass is 531 g/mol. The molecule has 0 aliphatic carbocycles. The second-order valence-electron chi connectivity index (χ2n) is 8.01. The van der Waals surface area contributed by atoms with Gasteiger partial charge in [0.05, 0.1) is 22.0 Å². The van der Waals surface area contributed by atoms with Gasteiger partial charge >= 0.3 is 10.2 Å². The first kappa shape index (κ1) is 25.4. The van der Waals surface area contributed by atoms with Crippen molar-refractivity contribution in [2.24, 2.45) is 0 Å². The Balaban J connectivity index is 1.46. The van der Waals surface area contributed by atoms with Gasteiger partial charge in [0.2, 0.25) is 0 Å². The third-order valence-corrected chi connectivity index (χ3v) is 7.81. The third-order valence-electron chi connectivity index (χ3n) is 5.56. The molecule has 3 aromatic carbocycles. The van der Waals surface area contributed by atoms with E-state index in [0.29, 0.717) is 29.9 Å². The minimum absolute atomic E-state index is 0.141. The Morgan fingerprint density at radius 3 is 2.44 bits per heavy atom. The van der Waals surface area contributed by atoms with Gasteiger partial charge in [-0.3, -0.25) is 24.7 Å². The molecule has 1 aliphatic rings. The van der Waals surface area contributed by atoms with Crippen molar-refractivity contribution in [1.29, 1.82) is 0 Å². The molecule has 0 spiro atoms. The van der Waals surface area contributed by atoms with Crippen molar-refractivity contribution in [2.75, 3.05) is 35.2 Å². The minimum atomic E-state index is -3.74. The molecule has 3 aromatic rings. The van der Waals surface area contributed by atoms with E-state index < -0.39 is 21.9 Å². The van der Waals surface area contributed by atoms with Gasteiger partial charge in [-0.2, -0.15) is 12.7 Å². The highest BCUT2D eigenvalue weighted by atomic mass is 35.5. The fraction of sp³-hybridized carbons (Fsp3) is 0.167. The largest absolute Gasteiger partial charge is 0.322 e. The Morgan fingerprint density at radius 1 is 0.972 bits per heavy atom. The number of hydrogen-bond acceptors (Lipinski definition) is 5. The van der Waals surface area contributed by atoms with Crippen molar-refractivity contribution in [2.45, 2.75) is 6.42 Å². The number of nitrogens with one attached hydrogen (secondary N) is 3. The molecular weight excluding hydrogens is 509 g/mol. The van der Waals surface area contributed by atoms with E-state index in [-0.39, 0.29) is 28.7 Å². The van der Waals surface area contributed by atoms with Crippen LogP contribution >= 0.6 is 11.6 Å². The van der Waals surface area contributed by atoms with E-state index in [0.717, 1.165) is 10.4 Å². The van der Waals surface area contributed by atoms with Crippen LogP contribution in [0.4, 0.5) is 21.5 Å². The lowest BCUT2D eigenvalue weighted by atomic mass is 10.1. The third kappa shape index (κ3) is 5.43. The maximum absolute atomic E-state index is 14.8. The predicted octanol–water partition coefficient (Wildman–Crippen LogP) is 3.88. The molecule has 0 unspecified atom stereocenters. The van der Waals surface area contributed by atoms with Gasteiger partial charge in [0, 0.05) is 31.4 Å². The van der Waals surface area contributed by atoms with Gasteiger partial charge in [-0.25, -0.2) is 4.39 Å². The average Bonchev–Trinajstić information content (AvgIpc) is 2.86. The van der Waals surface area contributed by atoms with Crippen LogP contribution < -0.4 is 20.5 Å². The molecular formula is C24H23ClFN5O4S. The second kappa shape index (κ2) is 10.5. The fourth-order valence-corrected chi connectivity index (χ4v) is 5.23. The van der Waals surface area contributed by atoms with Crippen LogP contribution in [-0.4, -0.2) is 44.7 Å². The Morgan fingerprint density at radius 2 is 1.72 bits per heavy atom. The number of hydrazine groups is 1. The molecule has 0 radical (unpaired) electrons. The van der Waals surface area contributed by atoms with Crippen molar-refractivity contribution in [3.05, 3.63) is 88.7 Å². The molecule has 1 saturated heterocycles. The first-order valence-corrected chi connectivity index (χ1v) is 12.7. The highest BCUT2D eigenvalue weighted by Crippen LogP contribution is 2.28. The molecule has 4 rings (SSSR count). The minimum Gasteiger partial charge on any atom is -0.322 e. The lowest BCUT2D eigenvalue weighted by molar-refractivity contribution is 0.0961. The summed E-state index contributed by atoms with van der Waals surface area (Å²) >= 11 is 6.19. The molecule has 0 bridgehead atoms. The summed E-state index contributed by atoms with van der Waals surface area (Å²) in [5.41, 5.74) is 6.16. The van der Waals surface area contributed by atoms with Crippen LogP contribution in [0.5, 0.6) is 0 Å². The van der Waals surface area contributed by atoms with Gasteiger partial charge in [-0.05, 0) is 55.0 Å². The molecule has 36 heavy (non-hydrogen) atoms. The van der Waals surface area contributed by atoms with Crippen molar-refractivity contribution < 1.29 is 22.4 Å². The Kier molecular flexibility index (Phi) is 7.43.